The zero-order chi connectivity index (χ0) is 21.6. The fourth-order valence-electron chi connectivity index (χ4n) is 3.75. The zero-order valence-corrected chi connectivity index (χ0v) is 17.0. The number of nitrogens with zero attached hydrogens (tertiary/aromatic N) is 1. The van der Waals surface area contributed by atoms with Crippen molar-refractivity contribution in [3.8, 4) is 0 Å². The minimum Gasteiger partial charge on any atom is -0.351 e. The van der Waals surface area contributed by atoms with Crippen LogP contribution in [0.4, 0.5) is 4.79 Å². The van der Waals surface area contributed by atoms with Gasteiger partial charge in [-0.3, -0.25) is 14.5 Å². The van der Waals surface area contributed by atoms with E-state index < -0.39 is 6.03 Å². The van der Waals surface area contributed by atoms with Crippen molar-refractivity contribution in [1.29, 1.82) is 0 Å². The summed E-state index contributed by atoms with van der Waals surface area (Å²) in [6, 6.07) is 26.7. The number of urea groups is 1. The number of amides is 4. The fraction of sp³-hybridized carbons (Fsp3) is 0.160. The molecule has 1 aliphatic heterocycles. The summed E-state index contributed by atoms with van der Waals surface area (Å²) < 4.78 is 0. The molecule has 0 saturated carbocycles. The number of carbonyl (C=O) groups is 3. The Hall–Kier alpha value is -3.93. The van der Waals surface area contributed by atoms with E-state index in [0.717, 1.165) is 16.0 Å². The molecule has 4 amide bonds. The van der Waals surface area contributed by atoms with Crippen molar-refractivity contribution in [3.05, 3.63) is 107 Å². The van der Waals surface area contributed by atoms with Crippen LogP contribution in [-0.2, 0) is 11.3 Å². The molecule has 0 aliphatic carbocycles. The van der Waals surface area contributed by atoms with Gasteiger partial charge in [0.2, 0.25) is 5.91 Å². The molecule has 6 heteroatoms. The van der Waals surface area contributed by atoms with Gasteiger partial charge in [0.05, 0.1) is 13.1 Å². The Morgan fingerprint density at radius 2 is 1.45 bits per heavy atom. The van der Waals surface area contributed by atoms with Crippen LogP contribution >= 0.6 is 0 Å². The van der Waals surface area contributed by atoms with Gasteiger partial charge in [-0.05, 0) is 22.8 Å². The quantitative estimate of drug-likeness (QED) is 0.584. The van der Waals surface area contributed by atoms with E-state index in [-0.39, 0.29) is 30.8 Å². The highest BCUT2D eigenvalue weighted by Gasteiger charge is 2.29. The summed E-state index contributed by atoms with van der Waals surface area (Å²) >= 11 is 0. The highest BCUT2D eigenvalue weighted by atomic mass is 16.2. The maximum absolute atomic E-state index is 13.1. The van der Waals surface area contributed by atoms with Crippen molar-refractivity contribution in [1.82, 2.24) is 15.5 Å². The van der Waals surface area contributed by atoms with Gasteiger partial charge in [0.25, 0.3) is 5.91 Å². The number of nitrogens with one attached hydrogen (secondary N) is 2. The molecule has 0 bridgehead atoms. The summed E-state index contributed by atoms with van der Waals surface area (Å²) in [4.78, 5) is 38.0. The maximum Gasteiger partial charge on any atom is 0.324 e. The van der Waals surface area contributed by atoms with Gasteiger partial charge in [0, 0.05) is 18.0 Å². The number of hydrogen-bond donors (Lipinski definition) is 2. The summed E-state index contributed by atoms with van der Waals surface area (Å²) in [5.41, 5.74) is 3.31. The van der Waals surface area contributed by atoms with Gasteiger partial charge in [-0.25, -0.2) is 4.79 Å². The van der Waals surface area contributed by atoms with E-state index in [9.17, 15) is 14.4 Å². The molecule has 156 valence electrons. The third-order valence-electron chi connectivity index (χ3n) is 5.40. The van der Waals surface area contributed by atoms with E-state index in [2.05, 4.69) is 34.9 Å². The van der Waals surface area contributed by atoms with E-state index in [1.807, 2.05) is 36.4 Å². The second-order valence-corrected chi connectivity index (χ2v) is 7.38. The van der Waals surface area contributed by atoms with Crippen molar-refractivity contribution >= 4 is 17.8 Å². The first kappa shape index (κ1) is 20.3. The number of imide groups is 1. The molecule has 6 nitrogen and oxygen atoms in total. The Bertz CT molecular complexity index is 1030. The molecule has 0 radical (unpaired) electrons. The Morgan fingerprint density at radius 1 is 0.871 bits per heavy atom. The molecule has 0 aromatic heterocycles. The van der Waals surface area contributed by atoms with Crippen LogP contribution < -0.4 is 10.6 Å². The number of carbonyl (C=O) groups excluding carboxylic acids is 3. The topological polar surface area (TPSA) is 78.5 Å². The number of benzene rings is 3. The molecule has 1 fully saturated rings. The minimum atomic E-state index is -0.437. The Labute approximate surface area is 180 Å². The highest BCUT2D eigenvalue weighted by Crippen LogP contribution is 2.24. The molecular weight excluding hydrogens is 390 g/mol. The molecular formula is C25H23N3O3. The highest BCUT2D eigenvalue weighted by molar-refractivity contribution is 6.02. The lowest BCUT2D eigenvalue weighted by Crippen LogP contribution is -2.33. The maximum atomic E-state index is 13.1. The van der Waals surface area contributed by atoms with Crippen LogP contribution in [0, 0.1) is 0 Å². The molecule has 0 atom stereocenters. The van der Waals surface area contributed by atoms with Crippen molar-refractivity contribution in [3.63, 3.8) is 0 Å². The summed E-state index contributed by atoms with van der Waals surface area (Å²) in [6.07, 6.45) is 0. The number of rotatable bonds is 7. The molecule has 31 heavy (non-hydrogen) atoms. The SMILES string of the molecule is O=C(NCC(c1ccccc1)c1ccccc1)c1ccccc1CN1C(=O)CNC1=O. The lowest BCUT2D eigenvalue weighted by molar-refractivity contribution is -0.125. The average Bonchev–Trinajstić information content (AvgIpc) is 3.13. The lowest BCUT2D eigenvalue weighted by atomic mass is 9.91. The smallest absolute Gasteiger partial charge is 0.324 e. The molecule has 0 spiro atoms. The van der Waals surface area contributed by atoms with E-state index in [4.69, 9.17) is 0 Å². The second kappa shape index (κ2) is 9.26. The molecule has 0 unspecified atom stereocenters. The molecule has 3 aromatic rings. The van der Waals surface area contributed by atoms with Crippen LogP contribution in [-0.4, -0.2) is 35.8 Å². The predicted octanol–water partition coefficient (Wildman–Crippen LogP) is 3.30. The van der Waals surface area contributed by atoms with E-state index in [1.165, 1.54) is 0 Å². The summed E-state index contributed by atoms with van der Waals surface area (Å²) in [6.45, 7) is 0.475. The van der Waals surface area contributed by atoms with Gasteiger partial charge >= 0.3 is 6.03 Å². The van der Waals surface area contributed by atoms with Gasteiger partial charge in [0.1, 0.15) is 0 Å². The Balaban J connectivity index is 1.52. The van der Waals surface area contributed by atoms with E-state index in [1.54, 1.807) is 24.3 Å². The molecule has 1 saturated heterocycles. The Kier molecular flexibility index (Phi) is 6.08. The van der Waals surface area contributed by atoms with Crippen molar-refractivity contribution < 1.29 is 14.4 Å². The second-order valence-electron chi connectivity index (χ2n) is 7.38. The van der Waals surface area contributed by atoms with Gasteiger partial charge in [-0.1, -0.05) is 78.9 Å². The van der Waals surface area contributed by atoms with Crippen molar-refractivity contribution in [2.45, 2.75) is 12.5 Å². The minimum absolute atomic E-state index is 0.00412. The zero-order valence-electron chi connectivity index (χ0n) is 17.0. The third kappa shape index (κ3) is 4.64. The van der Waals surface area contributed by atoms with Crippen molar-refractivity contribution in [2.75, 3.05) is 13.1 Å². The average molecular weight is 413 g/mol. The normalized spacial score (nSPS) is 13.4. The molecule has 1 aliphatic rings. The van der Waals surface area contributed by atoms with Crippen LogP contribution in [0.5, 0.6) is 0 Å². The van der Waals surface area contributed by atoms with Gasteiger partial charge < -0.3 is 10.6 Å². The molecule has 1 heterocycles. The predicted molar refractivity (Wildman–Crippen MR) is 117 cm³/mol. The van der Waals surface area contributed by atoms with E-state index in [0.29, 0.717) is 17.7 Å². The standard InChI is InChI=1S/C25H23N3O3/c29-23-16-27-25(31)28(23)17-20-13-7-8-14-21(20)24(30)26-15-22(18-9-3-1-4-10-18)19-11-5-2-6-12-19/h1-14,22H,15-17H2,(H,26,30)(H,27,31). The lowest BCUT2D eigenvalue weighted by Gasteiger charge is -2.20. The van der Waals surface area contributed by atoms with Gasteiger partial charge in [-0.2, -0.15) is 0 Å². The molecule has 4 rings (SSSR count). The largest absolute Gasteiger partial charge is 0.351 e. The molecule has 3 aromatic carbocycles. The molecule has 2 N–H and O–H groups in total. The summed E-state index contributed by atoms with van der Waals surface area (Å²) in [7, 11) is 0. The van der Waals surface area contributed by atoms with Crippen LogP contribution in [0.2, 0.25) is 0 Å². The van der Waals surface area contributed by atoms with Crippen LogP contribution in [0.3, 0.4) is 0 Å². The van der Waals surface area contributed by atoms with Gasteiger partial charge in [0.15, 0.2) is 0 Å². The summed E-state index contributed by atoms with van der Waals surface area (Å²) in [5, 5.41) is 5.54. The van der Waals surface area contributed by atoms with E-state index >= 15 is 0 Å². The van der Waals surface area contributed by atoms with Crippen LogP contribution in [0.15, 0.2) is 84.9 Å². The fourth-order valence-corrected chi connectivity index (χ4v) is 3.75. The van der Waals surface area contributed by atoms with Gasteiger partial charge in [-0.15, -0.1) is 0 Å². The third-order valence-corrected chi connectivity index (χ3v) is 5.40. The Morgan fingerprint density at radius 3 is 2.03 bits per heavy atom. The van der Waals surface area contributed by atoms with Crippen LogP contribution in [0.1, 0.15) is 33.0 Å². The van der Waals surface area contributed by atoms with Crippen molar-refractivity contribution in [2.24, 2.45) is 0 Å². The monoisotopic (exact) mass is 413 g/mol. The first-order chi connectivity index (χ1) is 15.1. The summed E-state index contributed by atoms with van der Waals surface area (Å²) in [5.74, 6) is -0.530. The number of hydrogen-bond acceptors (Lipinski definition) is 3. The van der Waals surface area contributed by atoms with Crippen LogP contribution in [0.25, 0.3) is 0 Å². The first-order valence-electron chi connectivity index (χ1n) is 10.2. The first-order valence-corrected chi connectivity index (χ1v) is 10.2.